The van der Waals surface area contributed by atoms with E-state index in [9.17, 15) is 0 Å². The monoisotopic (exact) mass is 295 g/mol. The summed E-state index contributed by atoms with van der Waals surface area (Å²) in [5.74, 6) is 0.960. The zero-order valence-corrected chi connectivity index (χ0v) is 12.7. The molecule has 3 rings (SSSR count). The number of hydrogen-bond donors (Lipinski definition) is 1. The van der Waals surface area contributed by atoms with Crippen molar-refractivity contribution in [3.8, 4) is 11.5 Å². The highest BCUT2D eigenvalue weighted by molar-refractivity contribution is 5.57. The molecule has 2 heterocycles. The fourth-order valence-corrected chi connectivity index (χ4v) is 2.25. The van der Waals surface area contributed by atoms with Crippen LogP contribution in [-0.2, 0) is 0 Å². The van der Waals surface area contributed by atoms with E-state index in [0.717, 1.165) is 5.69 Å². The molecule has 1 atom stereocenters. The van der Waals surface area contributed by atoms with Crippen molar-refractivity contribution in [3.63, 3.8) is 0 Å². The molecule has 0 aliphatic heterocycles. The third kappa shape index (κ3) is 2.81. The molecule has 0 saturated carbocycles. The average molecular weight is 295 g/mol. The maximum atomic E-state index is 5.34. The molecular weight excluding hydrogens is 278 g/mol. The van der Waals surface area contributed by atoms with Crippen LogP contribution in [-0.4, -0.2) is 20.1 Å². The van der Waals surface area contributed by atoms with Crippen molar-refractivity contribution in [1.82, 2.24) is 20.1 Å². The summed E-state index contributed by atoms with van der Waals surface area (Å²) in [5, 5.41) is 7.39. The van der Waals surface area contributed by atoms with Crippen LogP contribution in [0.3, 0.4) is 0 Å². The minimum Gasteiger partial charge on any atom is -0.373 e. The molecule has 6 heteroatoms. The van der Waals surface area contributed by atoms with Gasteiger partial charge in [-0.25, -0.2) is 4.98 Å². The molecule has 3 aromatic rings. The summed E-state index contributed by atoms with van der Waals surface area (Å²) in [4.78, 5) is 12.6. The molecule has 0 unspecified atom stereocenters. The van der Waals surface area contributed by atoms with Crippen LogP contribution >= 0.6 is 0 Å². The van der Waals surface area contributed by atoms with Crippen LogP contribution in [0.25, 0.3) is 11.5 Å². The Morgan fingerprint density at radius 3 is 2.59 bits per heavy atom. The van der Waals surface area contributed by atoms with Gasteiger partial charge in [0.2, 0.25) is 11.7 Å². The number of nitrogens with one attached hydrogen (secondary N) is 1. The summed E-state index contributed by atoms with van der Waals surface area (Å²) in [5.41, 5.74) is 4.05. The van der Waals surface area contributed by atoms with Crippen molar-refractivity contribution in [1.29, 1.82) is 0 Å². The lowest BCUT2D eigenvalue weighted by atomic mass is 10.1. The largest absolute Gasteiger partial charge is 0.373 e. The highest BCUT2D eigenvalue weighted by Crippen LogP contribution is 2.25. The third-order valence-corrected chi connectivity index (χ3v) is 3.45. The molecule has 0 bridgehead atoms. The van der Waals surface area contributed by atoms with Gasteiger partial charge in [0.25, 0.3) is 0 Å². The number of benzene rings is 1. The number of rotatable bonds is 4. The van der Waals surface area contributed by atoms with Crippen molar-refractivity contribution in [2.24, 2.45) is 0 Å². The molecule has 0 aliphatic rings. The highest BCUT2D eigenvalue weighted by atomic mass is 16.5. The topological polar surface area (TPSA) is 76.7 Å². The SMILES string of the molecule is Cc1cccc(C)c1N[C@H](C)c1nc(-c2cnccn2)no1. The molecular formula is C16H17N5O. The average Bonchev–Trinajstić information content (AvgIpc) is 3.02. The summed E-state index contributed by atoms with van der Waals surface area (Å²) >= 11 is 0. The number of aromatic nitrogens is 4. The summed E-state index contributed by atoms with van der Waals surface area (Å²) in [6, 6.07) is 6.08. The zero-order valence-electron chi connectivity index (χ0n) is 12.7. The Morgan fingerprint density at radius 2 is 1.91 bits per heavy atom. The second-order valence-electron chi connectivity index (χ2n) is 5.18. The molecule has 2 aromatic heterocycles. The van der Waals surface area contributed by atoms with Gasteiger partial charge in [-0.1, -0.05) is 23.4 Å². The molecule has 0 saturated heterocycles. The van der Waals surface area contributed by atoms with Gasteiger partial charge < -0.3 is 9.84 Å². The lowest BCUT2D eigenvalue weighted by Gasteiger charge is -2.15. The second kappa shape index (κ2) is 5.93. The van der Waals surface area contributed by atoms with Crippen molar-refractivity contribution >= 4 is 5.69 Å². The number of para-hydroxylation sites is 1. The molecule has 0 spiro atoms. The van der Waals surface area contributed by atoms with E-state index in [1.807, 2.05) is 13.0 Å². The Bertz CT molecular complexity index is 749. The summed E-state index contributed by atoms with van der Waals surface area (Å²) in [6.07, 6.45) is 4.82. The maximum absolute atomic E-state index is 5.34. The Balaban J connectivity index is 1.82. The molecule has 1 N–H and O–H groups in total. The first-order chi connectivity index (χ1) is 10.6. The maximum Gasteiger partial charge on any atom is 0.249 e. The molecule has 22 heavy (non-hydrogen) atoms. The molecule has 112 valence electrons. The van der Waals surface area contributed by atoms with E-state index in [4.69, 9.17) is 4.52 Å². The quantitative estimate of drug-likeness (QED) is 0.795. The van der Waals surface area contributed by atoms with Gasteiger partial charge in [-0.2, -0.15) is 4.98 Å². The van der Waals surface area contributed by atoms with Crippen molar-refractivity contribution in [2.45, 2.75) is 26.8 Å². The van der Waals surface area contributed by atoms with Crippen LogP contribution in [0, 0.1) is 13.8 Å². The van der Waals surface area contributed by atoms with Gasteiger partial charge in [0, 0.05) is 18.1 Å². The summed E-state index contributed by atoms with van der Waals surface area (Å²) < 4.78 is 5.34. The molecule has 0 amide bonds. The minimum absolute atomic E-state index is 0.0993. The fourth-order valence-electron chi connectivity index (χ4n) is 2.25. The van der Waals surface area contributed by atoms with E-state index < -0.39 is 0 Å². The Kier molecular flexibility index (Phi) is 3.82. The highest BCUT2D eigenvalue weighted by Gasteiger charge is 2.17. The summed E-state index contributed by atoms with van der Waals surface area (Å²) in [7, 11) is 0. The Labute approximate surface area is 128 Å². The molecule has 0 fully saturated rings. The van der Waals surface area contributed by atoms with Gasteiger partial charge in [-0.05, 0) is 31.9 Å². The molecule has 6 nitrogen and oxygen atoms in total. The van der Waals surface area contributed by atoms with Crippen LogP contribution in [0.5, 0.6) is 0 Å². The van der Waals surface area contributed by atoms with E-state index in [1.165, 1.54) is 11.1 Å². The predicted molar refractivity (Wildman–Crippen MR) is 83.3 cm³/mol. The first kappa shape index (κ1) is 14.2. The van der Waals surface area contributed by atoms with Crippen molar-refractivity contribution in [2.75, 3.05) is 5.32 Å². The van der Waals surface area contributed by atoms with Gasteiger partial charge in [0.1, 0.15) is 11.7 Å². The Morgan fingerprint density at radius 1 is 1.14 bits per heavy atom. The van der Waals surface area contributed by atoms with E-state index in [2.05, 4.69) is 51.4 Å². The van der Waals surface area contributed by atoms with E-state index in [-0.39, 0.29) is 6.04 Å². The molecule has 1 aromatic carbocycles. The van der Waals surface area contributed by atoms with Crippen molar-refractivity contribution in [3.05, 3.63) is 53.8 Å². The summed E-state index contributed by atoms with van der Waals surface area (Å²) in [6.45, 7) is 6.13. The van der Waals surface area contributed by atoms with Gasteiger partial charge in [-0.3, -0.25) is 4.98 Å². The smallest absolute Gasteiger partial charge is 0.249 e. The zero-order chi connectivity index (χ0) is 15.5. The number of hydrogen-bond acceptors (Lipinski definition) is 6. The van der Waals surface area contributed by atoms with Gasteiger partial charge in [-0.15, -0.1) is 0 Å². The molecule has 0 aliphatic carbocycles. The lowest BCUT2D eigenvalue weighted by Crippen LogP contribution is -2.09. The first-order valence-electron chi connectivity index (χ1n) is 7.08. The predicted octanol–water partition coefficient (Wildman–Crippen LogP) is 3.32. The third-order valence-electron chi connectivity index (χ3n) is 3.45. The standard InChI is InChI=1S/C16H17N5O/c1-10-5-4-6-11(2)14(10)19-12(3)16-20-15(21-22-16)13-9-17-7-8-18-13/h4-9,12,19H,1-3H3/t12-/m1/s1. The van der Waals surface area contributed by atoms with E-state index in [0.29, 0.717) is 17.4 Å². The van der Waals surface area contributed by atoms with Crippen LogP contribution in [0.1, 0.15) is 30.0 Å². The lowest BCUT2D eigenvalue weighted by molar-refractivity contribution is 0.367. The van der Waals surface area contributed by atoms with Crippen LogP contribution in [0.15, 0.2) is 41.3 Å². The number of anilines is 1. The minimum atomic E-state index is -0.0993. The van der Waals surface area contributed by atoms with Crippen LogP contribution in [0.4, 0.5) is 5.69 Å². The van der Waals surface area contributed by atoms with E-state index >= 15 is 0 Å². The van der Waals surface area contributed by atoms with Gasteiger partial charge >= 0.3 is 0 Å². The van der Waals surface area contributed by atoms with Gasteiger partial charge in [0.05, 0.1) is 6.20 Å². The first-order valence-corrected chi connectivity index (χ1v) is 7.08. The number of nitrogens with zero attached hydrogens (tertiary/aromatic N) is 4. The fraction of sp³-hybridized carbons (Fsp3) is 0.250. The normalized spacial score (nSPS) is 12.1. The van der Waals surface area contributed by atoms with Gasteiger partial charge in [0.15, 0.2) is 0 Å². The van der Waals surface area contributed by atoms with Crippen LogP contribution in [0.2, 0.25) is 0 Å². The van der Waals surface area contributed by atoms with E-state index in [1.54, 1.807) is 18.6 Å². The number of aryl methyl sites for hydroxylation is 2. The van der Waals surface area contributed by atoms with Crippen molar-refractivity contribution < 1.29 is 4.52 Å². The second-order valence-corrected chi connectivity index (χ2v) is 5.18. The van der Waals surface area contributed by atoms with Crippen LogP contribution < -0.4 is 5.32 Å². The Hall–Kier alpha value is -2.76. The molecule has 0 radical (unpaired) electrons.